The molecule has 0 spiro atoms. The summed E-state index contributed by atoms with van der Waals surface area (Å²) in [7, 11) is 0. The van der Waals surface area contributed by atoms with Crippen LogP contribution in [0.4, 0.5) is 0 Å². The minimum Gasteiger partial charge on any atom is -0.118 e. The first-order valence-electron chi connectivity index (χ1n) is 5.68. The van der Waals surface area contributed by atoms with E-state index in [0.29, 0.717) is 10.0 Å². The molecule has 0 bridgehead atoms. The first-order valence-corrected chi connectivity index (χ1v) is 6.87. The summed E-state index contributed by atoms with van der Waals surface area (Å²) < 4.78 is 0. The van der Waals surface area contributed by atoms with Gasteiger partial charge in [-0.2, -0.15) is 0 Å². The van der Waals surface area contributed by atoms with Crippen LogP contribution < -0.4 is 0 Å². The largest absolute Gasteiger partial charge is 0.118 e. The van der Waals surface area contributed by atoms with Crippen molar-refractivity contribution in [1.82, 2.24) is 0 Å². The fourth-order valence-electron chi connectivity index (χ4n) is 2.35. The average Bonchev–Trinajstić information content (AvgIpc) is 2.19. The SMILES string of the molecule is CC1(C)CC(c2ccc(Cl)c(Cl)c2)=CC(Cl)C1. The van der Waals surface area contributed by atoms with Gasteiger partial charge >= 0.3 is 0 Å². The number of alkyl halides is 1. The van der Waals surface area contributed by atoms with Crippen LogP contribution in [-0.4, -0.2) is 5.38 Å². The highest BCUT2D eigenvalue weighted by Gasteiger charge is 2.28. The van der Waals surface area contributed by atoms with Crippen molar-refractivity contribution in [2.45, 2.75) is 32.1 Å². The molecule has 92 valence electrons. The van der Waals surface area contributed by atoms with Crippen LogP contribution in [0.5, 0.6) is 0 Å². The van der Waals surface area contributed by atoms with E-state index in [9.17, 15) is 0 Å². The molecule has 1 unspecified atom stereocenters. The zero-order chi connectivity index (χ0) is 12.6. The van der Waals surface area contributed by atoms with Gasteiger partial charge in [-0.25, -0.2) is 0 Å². The summed E-state index contributed by atoms with van der Waals surface area (Å²) in [6.45, 7) is 4.49. The number of benzene rings is 1. The monoisotopic (exact) mass is 288 g/mol. The number of hydrogen-bond acceptors (Lipinski definition) is 0. The van der Waals surface area contributed by atoms with Crippen molar-refractivity contribution >= 4 is 40.4 Å². The third kappa shape index (κ3) is 3.19. The third-order valence-electron chi connectivity index (χ3n) is 3.09. The molecular weight excluding hydrogens is 275 g/mol. The predicted molar refractivity (Wildman–Crippen MR) is 77.1 cm³/mol. The van der Waals surface area contributed by atoms with Gasteiger partial charge in [-0.05, 0) is 41.5 Å². The fourth-order valence-corrected chi connectivity index (χ4v) is 3.21. The van der Waals surface area contributed by atoms with Crippen molar-refractivity contribution < 1.29 is 0 Å². The molecule has 0 N–H and O–H groups in total. The molecular formula is C14H15Cl3. The van der Waals surface area contributed by atoms with Crippen LogP contribution in [0.3, 0.4) is 0 Å². The fraction of sp³-hybridized carbons (Fsp3) is 0.429. The quantitative estimate of drug-likeness (QED) is 0.573. The minimum atomic E-state index is 0.100. The first kappa shape index (κ1) is 13.3. The third-order valence-corrected chi connectivity index (χ3v) is 4.11. The Morgan fingerprint density at radius 1 is 1.18 bits per heavy atom. The van der Waals surface area contributed by atoms with Gasteiger partial charge in [0.05, 0.1) is 15.4 Å². The zero-order valence-electron chi connectivity index (χ0n) is 9.93. The van der Waals surface area contributed by atoms with E-state index in [0.717, 1.165) is 18.4 Å². The molecule has 1 aliphatic carbocycles. The normalized spacial score (nSPS) is 23.4. The van der Waals surface area contributed by atoms with E-state index in [1.54, 1.807) is 0 Å². The van der Waals surface area contributed by atoms with Gasteiger partial charge in [0.2, 0.25) is 0 Å². The summed E-state index contributed by atoms with van der Waals surface area (Å²) in [6.07, 6.45) is 4.17. The summed E-state index contributed by atoms with van der Waals surface area (Å²) in [5, 5.41) is 1.29. The second-order valence-electron chi connectivity index (χ2n) is 5.38. The van der Waals surface area contributed by atoms with Gasteiger partial charge < -0.3 is 0 Å². The van der Waals surface area contributed by atoms with E-state index in [1.165, 1.54) is 5.57 Å². The molecule has 1 aromatic rings. The lowest BCUT2D eigenvalue weighted by atomic mass is 9.75. The Balaban J connectivity index is 2.36. The van der Waals surface area contributed by atoms with Crippen LogP contribution in [0.2, 0.25) is 10.0 Å². The van der Waals surface area contributed by atoms with E-state index in [-0.39, 0.29) is 10.8 Å². The second kappa shape index (κ2) is 4.84. The lowest BCUT2D eigenvalue weighted by Crippen LogP contribution is -2.21. The summed E-state index contributed by atoms with van der Waals surface area (Å²) in [6, 6.07) is 5.76. The molecule has 3 heteroatoms. The van der Waals surface area contributed by atoms with Crippen LogP contribution in [-0.2, 0) is 0 Å². The second-order valence-corrected chi connectivity index (χ2v) is 6.76. The topological polar surface area (TPSA) is 0 Å². The maximum absolute atomic E-state index is 6.28. The van der Waals surface area contributed by atoms with Crippen LogP contribution in [0.15, 0.2) is 24.3 Å². The molecule has 0 saturated heterocycles. The molecule has 0 aliphatic heterocycles. The highest BCUT2D eigenvalue weighted by molar-refractivity contribution is 6.42. The zero-order valence-corrected chi connectivity index (χ0v) is 12.2. The van der Waals surface area contributed by atoms with E-state index in [2.05, 4.69) is 19.9 Å². The maximum Gasteiger partial charge on any atom is 0.0598 e. The van der Waals surface area contributed by atoms with Gasteiger partial charge in [-0.1, -0.05) is 49.2 Å². The number of allylic oxidation sites excluding steroid dienone is 2. The number of halogens is 3. The van der Waals surface area contributed by atoms with Crippen LogP contribution in [0.25, 0.3) is 5.57 Å². The Kier molecular flexibility index (Phi) is 3.77. The van der Waals surface area contributed by atoms with E-state index >= 15 is 0 Å². The standard InChI is InChI=1S/C14H15Cl3/c1-14(2)7-10(5-11(15)8-14)9-3-4-12(16)13(17)6-9/h3-6,11H,7-8H2,1-2H3. The summed E-state index contributed by atoms with van der Waals surface area (Å²) in [4.78, 5) is 0. The minimum absolute atomic E-state index is 0.100. The van der Waals surface area contributed by atoms with Crippen molar-refractivity contribution in [2.24, 2.45) is 5.41 Å². The molecule has 17 heavy (non-hydrogen) atoms. The van der Waals surface area contributed by atoms with Gasteiger partial charge in [-0.3, -0.25) is 0 Å². The van der Waals surface area contributed by atoms with Crippen LogP contribution in [0, 0.1) is 5.41 Å². The molecule has 1 aliphatic rings. The molecule has 0 heterocycles. The van der Waals surface area contributed by atoms with Crippen molar-refractivity contribution in [2.75, 3.05) is 0 Å². The Morgan fingerprint density at radius 3 is 2.47 bits per heavy atom. The Bertz CT molecular complexity index is 461. The lowest BCUT2D eigenvalue weighted by Gasteiger charge is -2.32. The molecule has 0 amide bonds. The smallest absolute Gasteiger partial charge is 0.0598 e. The van der Waals surface area contributed by atoms with Gasteiger partial charge in [0.25, 0.3) is 0 Å². The molecule has 1 atom stereocenters. The van der Waals surface area contributed by atoms with E-state index in [1.807, 2.05) is 18.2 Å². The highest BCUT2D eigenvalue weighted by atomic mass is 35.5. The predicted octanol–water partition coefficient (Wildman–Crippen LogP) is 5.80. The van der Waals surface area contributed by atoms with Crippen LogP contribution >= 0.6 is 34.8 Å². The van der Waals surface area contributed by atoms with Gasteiger partial charge in [0, 0.05) is 0 Å². The molecule has 0 fully saturated rings. The maximum atomic E-state index is 6.28. The summed E-state index contributed by atoms with van der Waals surface area (Å²) in [5.41, 5.74) is 2.63. The van der Waals surface area contributed by atoms with Crippen molar-refractivity contribution in [3.05, 3.63) is 39.9 Å². The van der Waals surface area contributed by atoms with Gasteiger partial charge in [0.15, 0.2) is 0 Å². The molecule has 2 rings (SSSR count). The molecule has 0 nitrogen and oxygen atoms in total. The summed E-state index contributed by atoms with van der Waals surface area (Å²) in [5.74, 6) is 0. The van der Waals surface area contributed by atoms with Crippen molar-refractivity contribution in [3.8, 4) is 0 Å². The van der Waals surface area contributed by atoms with Gasteiger partial charge in [-0.15, -0.1) is 11.6 Å². The van der Waals surface area contributed by atoms with Gasteiger partial charge in [0.1, 0.15) is 0 Å². The molecule has 1 aromatic carbocycles. The van der Waals surface area contributed by atoms with E-state index < -0.39 is 0 Å². The summed E-state index contributed by atoms with van der Waals surface area (Å²) >= 11 is 18.3. The Labute approximate surface area is 118 Å². The van der Waals surface area contributed by atoms with Crippen LogP contribution in [0.1, 0.15) is 32.3 Å². The Morgan fingerprint density at radius 2 is 1.88 bits per heavy atom. The Hall–Kier alpha value is -0.170. The number of hydrogen-bond donors (Lipinski definition) is 0. The van der Waals surface area contributed by atoms with Crippen molar-refractivity contribution in [3.63, 3.8) is 0 Å². The molecule has 0 radical (unpaired) electrons. The average molecular weight is 290 g/mol. The lowest BCUT2D eigenvalue weighted by molar-refractivity contribution is 0.340. The van der Waals surface area contributed by atoms with Crippen molar-refractivity contribution in [1.29, 1.82) is 0 Å². The van der Waals surface area contributed by atoms with E-state index in [4.69, 9.17) is 34.8 Å². The number of rotatable bonds is 1. The first-order chi connectivity index (χ1) is 7.87. The molecule has 0 saturated carbocycles. The highest BCUT2D eigenvalue weighted by Crippen LogP contribution is 2.41. The molecule has 0 aromatic heterocycles.